The molecule has 3 rings (SSSR count). The van der Waals surface area contributed by atoms with Crippen LogP contribution >= 0.6 is 0 Å². The van der Waals surface area contributed by atoms with E-state index in [2.05, 4.69) is 15.4 Å². The lowest BCUT2D eigenvalue weighted by molar-refractivity contribution is -0.117. The zero-order valence-electron chi connectivity index (χ0n) is 14.6. The average Bonchev–Trinajstić information content (AvgIpc) is 2.87. The third-order valence-electron chi connectivity index (χ3n) is 4.96. The van der Waals surface area contributed by atoms with E-state index in [1.807, 2.05) is 6.92 Å². The minimum atomic E-state index is -3.29. The van der Waals surface area contributed by atoms with Gasteiger partial charge in [0.2, 0.25) is 15.9 Å². The quantitative estimate of drug-likeness (QED) is 0.693. The zero-order valence-corrected chi connectivity index (χ0v) is 15.4. The number of anilines is 2. The van der Waals surface area contributed by atoms with Crippen LogP contribution in [0.15, 0.2) is 24.3 Å². The van der Waals surface area contributed by atoms with Crippen molar-refractivity contribution in [3.05, 3.63) is 24.3 Å². The van der Waals surface area contributed by atoms with Crippen molar-refractivity contribution in [2.45, 2.75) is 57.5 Å². The lowest BCUT2D eigenvalue weighted by Gasteiger charge is -2.28. The number of fused-ring (bicyclic) bond motifs is 2. The molecular weight excluding hydrogens is 338 g/mol. The van der Waals surface area contributed by atoms with Crippen molar-refractivity contribution in [2.24, 2.45) is 5.92 Å². The Balaban J connectivity index is 1.50. The van der Waals surface area contributed by atoms with Gasteiger partial charge in [-0.15, -0.1) is 0 Å². The van der Waals surface area contributed by atoms with Crippen LogP contribution in [0.25, 0.3) is 0 Å². The standard InChI is InChI=1S/C18H27N3O3S/c1-2-9-25(23,24)21-15-5-3-14(4-6-15)20-18(22)12-13-10-16-7-8-17(11-13)19-16/h3-6,13,16-17,19,21H,2,7-12H2,1H3,(H,20,22). The second-order valence-electron chi connectivity index (χ2n) is 7.23. The first-order chi connectivity index (χ1) is 11.9. The monoisotopic (exact) mass is 365 g/mol. The zero-order chi connectivity index (χ0) is 17.9. The second-order valence-corrected chi connectivity index (χ2v) is 9.07. The number of piperidine rings is 1. The van der Waals surface area contributed by atoms with Crippen molar-refractivity contribution in [2.75, 3.05) is 15.8 Å². The highest BCUT2D eigenvalue weighted by Crippen LogP contribution is 2.32. The molecule has 1 aromatic rings. The Kier molecular flexibility index (Phi) is 5.64. The van der Waals surface area contributed by atoms with Gasteiger partial charge in [0.1, 0.15) is 0 Å². The fourth-order valence-electron chi connectivity index (χ4n) is 3.94. The van der Waals surface area contributed by atoms with E-state index in [0.29, 0.717) is 42.2 Å². The highest BCUT2D eigenvalue weighted by atomic mass is 32.2. The smallest absolute Gasteiger partial charge is 0.232 e. The summed E-state index contributed by atoms with van der Waals surface area (Å²) in [4.78, 5) is 12.3. The van der Waals surface area contributed by atoms with Crippen LogP contribution in [0.3, 0.4) is 0 Å². The maximum atomic E-state index is 12.3. The number of amides is 1. The molecule has 2 bridgehead atoms. The fraction of sp³-hybridized carbons (Fsp3) is 0.611. The van der Waals surface area contributed by atoms with Crippen molar-refractivity contribution in [1.82, 2.24) is 5.32 Å². The highest BCUT2D eigenvalue weighted by molar-refractivity contribution is 7.92. The van der Waals surface area contributed by atoms with Gasteiger partial charge in [0.25, 0.3) is 0 Å². The van der Waals surface area contributed by atoms with Gasteiger partial charge < -0.3 is 10.6 Å². The van der Waals surface area contributed by atoms with Gasteiger partial charge in [-0.1, -0.05) is 6.92 Å². The predicted molar refractivity (Wildman–Crippen MR) is 100 cm³/mol. The molecule has 2 aliphatic rings. The van der Waals surface area contributed by atoms with Gasteiger partial charge in [0.15, 0.2) is 0 Å². The topological polar surface area (TPSA) is 87.3 Å². The lowest BCUT2D eigenvalue weighted by Crippen LogP contribution is -2.39. The number of nitrogens with one attached hydrogen (secondary N) is 3. The molecule has 3 N–H and O–H groups in total. The molecule has 138 valence electrons. The Morgan fingerprint density at radius 2 is 1.72 bits per heavy atom. The van der Waals surface area contributed by atoms with Crippen LogP contribution in [-0.4, -0.2) is 32.2 Å². The number of benzene rings is 1. The van der Waals surface area contributed by atoms with Gasteiger partial charge in [-0.3, -0.25) is 9.52 Å². The third kappa shape index (κ3) is 5.19. The third-order valence-corrected chi connectivity index (χ3v) is 6.45. The van der Waals surface area contributed by atoms with E-state index in [-0.39, 0.29) is 11.7 Å². The number of carbonyl (C=O) groups is 1. The number of sulfonamides is 1. The summed E-state index contributed by atoms with van der Waals surface area (Å²) in [6.07, 6.45) is 5.77. The normalized spacial score (nSPS) is 25.6. The maximum Gasteiger partial charge on any atom is 0.232 e. The Bertz CT molecular complexity index is 691. The summed E-state index contributed by atoms with van der Waals surface area (Å²) in [5.41, 5.74) is 1.21. The molecule has 0 aromatic heterocycles. The van der Waals surface area contributed by atoms with Crippen molar-refractivity contribution in [1.29, 1.82) is 0 Å². The number of hydrogen-bond donors (Lipinski definition) is 3. The summed E-state index contributed by atoms with van der Waals surface area (Å²) in [5, 5.41) is 6.51. The molecule has 2 saturated heterocycles. The molecule has 25 heavy (non-hydrogen) atoms. The van der Waals surface area contributed by atoms with Crippen LogP contribution in [0.2, 0.25) is 0 Å². The van der Waals surface area contributed by atoms with Gasteiger partial charge in [-0.05, 0) is 62.3 Å². The van der Waals surface area contributed by atoms with Crippen molar-refractivity contribution >= 4 is 27.3 Å². The molecule has 1 amide bonds. The van der Waals surface area contributed by atoms with E-state index in [1.165, 1.54) is 12.8 Å². The van der Waals surface area contributed by atoms with Gasteiger partial charge in [0.05, 0.1) is 5.75 Å². The van der Waals surface area contributed by atoms with E-state index >= 15 is 0 Å². The first-order valence-corrected chi connectivity index (χ1v) is 10.7. The number of rotatable bonds is 7. The molecule has 6 nitrogen and oxygen atoms in total. The minimum Gasteiger partial charge on any atom is -0.326 e. The molecule has 0 radical (unpaired) electrons. The van der Waals surface area contributed by atoms with Gasteiger partial charge in [-0.2, -0.15) is 0 Å². The Morgan fingerprint density at radius 1 is 1.12 bits per heavy atom. The van der Waals surface area contributed by atoms with Crippen LogP contribution in [0.5, 0.6) is 0 Å². The van der Waals surface area contributed by atoms with Crippen LogP contribution in [0.1, 0.15) is 45.4 Å². The molecule has 2 heterocycles. The molecule has 2 atom stereocenters. The summed E-state index contributed by atoms with van der Waals surface area (Å²) in [6.45, 7) is 1.83. The van der Waals surface area contributed by atoms with Crippen molar-refractivity contribution in [3.63, 3.8) is 0 Å². The second kappa shape index (κ2) is 7.74. The first kappa shape index (κ1) is 18.2. The number of hydrogen-bond acceptors (Lipinski definition) is 4. The van der Waals surface area contributed by atoms with Gasteiger partial charge >= 0.3 is 0 Å². The molecule has 2 aliphatic heterocycles. The predicted octanol–water partition coefficient (Wildman–Crippen LogP) is 2.70. The van der Waals surface area contributed by atoms with E-state index in [4.69, 9.17) is 0 Å². The molecule has 2 fully saturated rings. The summed E-state index contributed by atoms with van der Waals surface area (Å²) >= 11 is 0. The molecule has 7 heteroatoms. The van der Waals surface area contributed by atoms with Crippen LogP contribution < -0.4 is 15.4 Å². The molecule has 2 unspecified atom stereocenters. The summed E-state index contributed by atoms with van der Waals surface area (Å²) in [7, 11) is -3.29. The van der Waals surface area contributed by atoms with E-state index < -0.39 is 10.0 Å². The van der Waals surface area contributed by atoms with E-state index in [1.54, 1.807) is 24.3 Å². The van der Waals surface area contributed by atoms with E-state index in [9.17, 15) is 13.2 Å². The fourth-order valence-corrected chi connectivity index (χ4v) is 5.07. The SMILES string of the molecule is CCCS(=O)(=O)Nc1ccc(NC(=O)CC2CC3CCC(C2)N3)cc1. The molecule has 0 spiro atoms. The molecule has 0 aliphatic carbocycles. The van der Waals surface area contributed by atoms with Crippen molar-refractivity contribution in [3.8, 4) is 0 Å². The Labute approximate surface area is 149 Å². The Morgan fingerprint density at radius 3 is 2.32 bits per heavy atom. The summed E-state index contributed by atoms with van der Waals surface area (Å²) < 4.78 is 26.0. The van der Waals surface area contributed by atoms with Gasteiger partial charge in [-0.25, -0.2) is 8.42 Å². The van der Waals surface area contributed by atoms with Gasteiger partial charge in [0, 0.05) is 29.9 Å². The maximum absolute atomic E-state index is 12.3. The minimum absolute atomic E-state index is 0.0330. The van der Waals surface area contributed by atoms with Crippen LogP contribution in [0, 0.1) is 5.92 Å². The van der Waals surface area contributed by atoms with Crippen LogP contribution in [0.4, 0.5) is 11.4 Å². The molecule has 1 aromatic carbocycles. The average molecular weight is 365 g/mol. The Hall–Kier alpha value is -1.60. The summed E-state index contributed by atoms with van der Waals surface area (Å²) in [5.74, 6) is 0.591. The van der Waals surface area contributed by atoms with Crippen LogP contribution in [-0.2, 0) is 14.8 Å². The van der Waals surface area contributed by atoms with Crippen molar-refractivity contribution < 1.29 is 13.2 Å². The molecule has 0 saturated carbocycles. The lowest BCUT2D eigenvalue weighted by atomic mass is 9.89. The highest BCUT2D eigenvalue weighted by Gasteiger charge is 2.34. The van der Waals surface area contributed by atoms with E-state index in [0.717, 1.165) is 12.8 Å². The molecular formula is C18H27N3O3S. The number of carbonyl (C=O) groups excluding carboxylic acids is 1. The largest absolute Gasteiger partial charge is 0.326 e. The summed E-state index contributed by atoms with van der Waals surface area (Å²) in [6, 6.07) is 7.99. The first-order valence-electron chi connectivity index (χ1n) is 9.10.